The second-order valence-corrected chi connectivity index (χ2v) is 10.1. The zero-order valence-electron chi connectivity index (χ0n) is 12.8. The van der Waals surface area contributed by atoms with Crippen LogP contribution in [0.4, 0.5) is 0 Å². The molecule has 4 nitrogen and oxygen atoms in total. The Morgan fingerprint density at radius 2 is 2.14 bits per heavy atom. The molecule has 0 aromatic carbocycles. The molecule has 3 unspecified atom stereocenters. The summed E-state index contributed by atoms with van der Waals surface area (Å²) in [7, 11) is -3.46. The molecule has 1 aromatic heterocycles. The first-order valence-corrected chi connectivity index (χ1v) is 9.85. The molecular formula is C15H24N2O2S2. The fraction of sp³-hybridized carbons (Fsp3) is 0.733. The molecule has 2 aliphatic carbocycles. The van der Waals surface area contributed by atoms with Crippen molar-refractivity contribution in [3.8, 4) is 0 Å². The molecule has 1 aromatic rings. The third-order valence-corrected chi connectivity index (χ3v) is 8.19. The zero-order chi connectivity index (χ0) is 15.5. The highest BCUT2D eigenvalue weighted by molar-refractivity contribution is 7.89. The summed E-state index contributed by atoms with van der Waals surface area (Å²) in [5, 5.41) is 1.69. The van der Waals surface area contributed by atoms with Crippen LogP contribution in [0.3, 0.4) is 0 Å². The maximum atomic E-state index is 12.7. The highest BCUT2D eigenvalue weighted by Gasteiger charge is 2.60. The van der Waals surface area contributed by atoms with Crippen molar-refractivity contribution in [3.63, 3.8) is 0 Å². The van der Waals surface area contributed by atoms with E-state index in [0.717, 1.165) is 17.7 Å². The van der Waals surface area contributed by atoms with E-state index in [2.05, 4.69) is 25.5 Å². The van der Waals surface area contributed by atoms with E-state index in [9.17, 15) is 8.42 Å². The molecule has 2 fully saturated rings. The third-order valence-electron chi connectivity index (χ3n) is 5.68. The topological polar surface area (TPSA) is 72.2 Å². The molecule has 3 atom stereocenters. The molecule has 6 heteroatoms. The lowest BCUT2D eigenvalue weighted by Gasteiger charge is -2.42. The maximum Gasteiger partial charge on any atom is 0.241 e. The van der Waals surface area contributed by atoms with Gasteiger partial charge in [-0.15, -0.1) is 11.3 Å². The fourth-order valence-electron chi connectivity index (χ4n) is 4.43. The fourth-order valence-corrected chi connectivity index (χ4v) is 7.11. The molecule has 0 amide bonds. The first kappa shape index (κ1) is 15.5. The molecule has 0 saturated heterocycles. The van der Waals surface area contributed by atoms with Crippen LogP contribution in [0.25, 0.3) is 0 Å². The number of hydrogen-bond donors (Lipinski definition) is 2. The maximum absolute atomic E-state index is 12.7. The second kappa shape index (κ2) is 4.78. The Hall–Kier alpha value is -0.430. The number of thiophene rings is 1. The first-order valence-electron chi connectivity index (χ1n) is 7.49. The minimum atomic E-state index is -3.46. The third kappa shape index (κ3) is 2.36. The van der Waals surface area contributed by atoms with Gasteiger partial charge in [0.15, 0.2) is 0 Å². The molecule has 0 spiro atoms. The minimum absolute atomic E-state index is 0.00924. The summed E-state index contributed by atoms with van der Waals surface area (Å²) < 4.78 is 28.4. The van der Waals surface area contributed by atoms with Gasteiger partial charge in [0.05, 0.1) is 4.90 Å². The normalized spacial score (nSPS) is 34.5. The molecule has 118 valence electrons. The Balaban J connectivity index is 1.89. The highest BCUT2D eigenvalue weighted by atomic mass is 32.2. The summed E-state index contributed by atoms with van der Waals surface area (Å²) in [6.45, 7) is 7.02. The Labute approximate surface area is 131 Å². The largest absolute Gasteiger partial charge is 0.326 e. The van der Waals surface area contributed by atoms with E-state index in [1.807, 2.05) is 0 Å². The van der Waals surface area contributed by atoms with Crippen molar-refractivity contribution >= 4 is 21.4 Å². The Kier molecular flexibility index (Phi) is 3.52. The van der Waals surface area contributed by atoms with Gasteiger partial charge in [-0.05, 0) is 42.1 Å². The van der Waals surface area contributed by atoms with E-state index in [0.29, 0.717) is 17.4 Å². The van der Waals surface area contributed by atoms with E-state index < -0.39 is 10.0 Å². The van der Waals surface area contributed by atoms with E-state index in [-0.39, 0.29) is 16.9 Å². The number of rotatable bonds is 4. The molecule has 2 aliphatic rings. The summed E-state index contributed by atoms with van der Waals surface area (Å²) in [6, 6.07) is 1.70. The summed E-state index contributed by atoms with van der Waals surface area (Å²) in [4.78, 5) is 1.25. The smallest absolute Gasteiger partial charge is 0.241 e. The summed E-state index contributed by atoms with van der Waals surface area (Å²) in [6.07, 6.45) is 3.47. The van der Waals surface area contributed by atoms with Gasteiger partial charge in [0.1, 0.15) is 0 Å². The summed E-state index contributed by atoms with van der Waals surface area (Å²) in [5.74, 6) is 0.622. The standard InChI is InChI=1S/C15H24N2O2S2/c1-14(2)10-4-5-15(3,7-10)13(14)17-21(18,19)12-6-11(8-16)20-9-12/h6,9-10,13,17H,4-5,7-8,16H2,1-3H3. The first-order chi connectivity index (χ1) is 9.69. The van der Waals surface area contributed by atoms with Gasteiger partial charge in [0.25, 0.3) is 0 Å². The van der Waals surface area contributed by atoms with E-state index in [1.165, 1.54) is 17.8 Å². The van der Waals surface area contributed by atoms with Crippen molar-refractivity contribution in [2.45, 2.75) is 57.5 Å². The van der Waals surface area contributed by atoms with Gasteiger partial charge in [-0.25, -0.2) is 13.1 Å². The monoisotopic (exact) mass is 328 g/mol. The van der Waals surface area contributed by atoms with Gasteiger partial charge in [0, 0.05) is 22.8 Å². The van der Waals surface area contributed by atoms with Crippen molar-refractivity contribution in [3.05, 3.63) is 16.3 Å². The van der Waals surface area contributed by atoms with Crippen molar-refractivity contribution in [1.82, 2.24) is 4.72 Å². The Morgan fingerprint density at radius 3 is 2.67 bits per heavy atom. The molecule has 3 rings (SSSR count). The number of nitrogens with two attached hydrogens (primary N) is 1. The van der Waals surface area contributed by atoms with Crippen LogP contribution in [0.1, 0.15) is 44.9 Å². The zero-order valence-corrected chi connectivity index (χ0v) is 14.5. The van der Waals surface area contributed by atoms with Gasteiger partial charge < -0.3 is 5.73 Å². The van der Waals surface area contributed by atoms with Gasteiger partial charge >= 0.3 is 0 Å². The molecule has 3 N–H and O–H groups in total. The quantitative estimate of drug-likeness (QED) is 0.892. The predicted octanol–water partition coefficient (Wildman–Crippen LogP) is 2.70. The van der Waals surface area contributed by atoms with E-state index in [4.69, 9.17) is 5.73 Å². The average Bonchev–Trinajstić information content (AvgIpc) is 3.06. The van der Waals surface area contributed by atoms with Gasteiger partial charge in [0.2, 0.25) is 10.0 Å². The van der Waals surface area contributed by atoms with E-state index in [1.54, 1.807) is 11.4 Å². The second-order valence-electron chi connectivity index (χ2n) is 7.42. The number of nitrogens with one attached hydrogen (secondary N) is 1. The molecule has 1 heterocycles. The lowest BCUT2D eigenvalue weighted by Crippen LogP contribution is -2.52. The molecule has 0 aliphatic heterocycles. The highest BCUT2D eigenvalue weighted by Crippen LogP contribution is 2.62. The lowest BCUT2D eigenvalue weighted by atomic mass is 9.69. The Bertz CT molecular complexity index is 646. The van der Waals surface area contributed by atoms with Crippen LogP contribution in [-0.4, -0.2) is 14.5 Å². The number of hydrogen-bond acceptors (Lipinski definition) is 4. The molecule has 21 heavy (non-hydrogen) atoms. The summed E-state index contributed by atoms with van der Waals surface area (Å²) >= 11 is 1.40. The molecular weight excluding hydrogens is 304 g/mol. The molecule has 0 radical (unpaired) electrons. The van der Waals surface area contributed by atoms with Crippen molar-refractivity contribution in [2.24, 2.45) is 22.5 Å². The van der Waals surface area contributed by atoms with Crippen LogP contribution in [0.15, 0.2) is 16.3 Å². The summed E-state index contributed by atoms with van der Waals surface area (Å²) in [5.41, 5.74) is 5.69. The van der Waals surface area contributed by atoms with Crippen LogP contribution in [0, 0.1) is 16.7 Å². The van der Waals surface area contributed by atoms with Crippen LogP contribution in [0.2, 0.25) is 0 Å². The number of fused-ring (bicyclic) bond motifs is 2. The van der Waals surface area contributed by atoms with Crippen LogP contribution in [-0.2, 0) is 16.6 Å². The van der Waals surface area contributed by atoms with Crippen LogP contribution >= 0.6 is 11.3 Å². The van der Waals surface area contributed by atoms with Crippen molar-refractivity contribution in [2.75, 3.05) is 0 Å². The predicted molar refractivity (Wildman–Crippen MR) is 85.5 cm³/mol. The van der Waals surface area contributed by atoms with Crippen molar-refractivity contribution < 1.29 is 8.42 Å². The van der Waals surface area contributed by atoms with E-state index >= 15 is 0 Å². The van der Waals surface area contributed by atoms with Crippen LogP contribution in [0.5, 0.6) is 0 Å². The van der Waals surface area contributed by atoms with Crippen LogP contribution < -0.4 is 10.5 Å². The minimum Gasteiger partial charge on any atom is -0.326 e. The molecule has 2 saturated carbocycles. The lowest BCUT2D eigenvalue weighted by molar-refractivity contribution is 0.127. The SMILES string of the molecule is CC12CCC(C1)C(C)(C)C2NS(=O)(=O)c1csc(CN)c1. The molecule has 2 bridgehead atoms. The van der Waals surface area contributed by atoms with Gasteiger partial charge in [-0.2, -0.15) is 0 Å². The average molecular weight is 329 g/mol. The van der Waals surface area contributed by atoms with Crippen molar-refractivity contribution in [1.29, 1.82) is 0 Å². The van der Waals surface area contributed by atoms with Gasteiger partial charge in [-0.1, -0.05) is 20.8 Å². The van der Waals surface area contributed by atoms with Gasteiger partial charge in [-0.3, -0.25) is 0 Å². The Morgan fingerprint density at radius 1 is 1.43 bits per heavy atom. The number of sulfonamides is 1.